The van der Waals surface area contributed by atoms with Gasteiger partial charge in [-0.3, -0.25) is 4.79 Å². The summed E-state index contributed by atoms with van der Waals surface area (Å²) in [5.41, 5.74) is 2.49. The van der Waals surface area contributed by atoms with Crippen molar-refractivity contribution in [3.63, 3.8) is 0 Å². The van der Waals surface area contributed by atoms with Crippen molar-refractivity contribution in [2.24, 2.45) is 0 Å². The normalized spacial score (nSPS) is 11.8. The third-order valence-electron chi connectivity index (χ3n) is 3.37. The number of nitrogens with one attached hydrogen (secondary N) is 1. The van der Waals surface area contributed by atoms with Gasteiger partial charge in [0.05, 0.1) is 6.54 Å². The van der Waals surface area contributed by atoms with E-state index in [1.54, 1.807) is 24.3 Å². The third-order valence-corrected chi connectivity index (χ3v) is 4.85. The molecule has 1 N–H and O–H groups in total. The Labute approximate surface area is 142 Å². The second kappa shape index (κ2) is 7.90. The van der Waals surface area contributed by atoms with Crippen LogP contribution >= 0.6 is 0 Å². The van der Waals surface area contributed by atoms with Gasteiger partial charge in [-0.15, -0.1) is 0 Å². The molecule has 0 spiro atoms. The Morgan fingerprint density at radius 2 is 1.71 bits per heavy atom. The molecule has 126 valence electrons. The highest BCUT2D eigenvalue weighted by Gasteiger charge is 2.17. The molecule has 0 saturated heterocycles. The molecule has 2 aromatic carbocycles. The van der Waals surface area contributed by atoms with Gasteiger partial charge in [0, 0.05) is 18.1 Å². The van der Waals surface area contributed by atoms with Crippen LogP contribution in [0.15, 0.2) is 60.0 Å². The monoisotopic (exact) mass is 344 g/mol. The number of sulfonamides is 1. The van der Waals surface area contributed by atoms with Crippen molar-refractivity contribution in [2.45, 2.75) is 6.92 Å². The first-order chi connectivity index (χ1) is 11.4. The van der Waals surface area contributed by atoms with Gasteiger partial charge in [-0.25, -0.2) is 8.42 Å². The Morgan fingerprint density at radius 1 is 1.08 bits per heavy atom. The van der Waals surface area contributed by atoms with E-state index in [4.69, 9.17) is 0 Å². The topological polar surface area (TPSA) is 66.5 Å². The van der Waals surface area contributed by atoms with Crippen LogP contribution < -0.4 is 5.32 Å². The highest BCUT2D eigenvalue weighted by Crippen LogP contribution is 2.10. The van der Waals surface area contributed by atoms with Crippen molar-refractivity contribution in [3.05, 3.63) is 71.1 Å². The van der Waals surface area contributed by atoms with E-state index in [9.17, 15) is 13.2 Å². The lowest BCUT2D eigenvalue weighted by molar-refractivity contribution is -0.116. The second-order valence-corrected chi connectivity index (χ2v) is 7.35. The molecule has 5 nitrogen and oxygen atoms in total. The van der Waals surface area contributed by atoms with Crippen molar-refractivity contribution in [1.82, 2.24) is 4.31 Å². The van der Waals surface area contributed by atoms with Gasteiger partial charge < -0.3 is 5.32 Å². The van der Waals surface area contributed by atoms with Crippen LogP contribution in [0.25, 0.3) is 6.08 Å². The number of benzene rings is 2. The molecule has 1 amide bonds. The molecular weight excluding hydrogens is 324 g/mol. The van der Waals surface area contributed by atoms with E-state index in [2.05, 4.69) is 5.32 Å². The smallest absolute Gasteiger partial charge is 0.239 e. The van der Waals surface area contributed by atoms with E-state index in [0.29, 0.717) is 5.69 Å². The molecule has 2 aromatic rings. The summed E-state index contributed by atoms with van der Waals surface area (Å²) in [6.07, 6.45) is 1.50. The molecule has 0 fully saturated rings. The van der Waals surface area contributed by atoms with Gasteiger partial charge in [-0.05, 0) is 30.7 Å². The minimum atomic E-state index is -3.66. The lowest BCUT2D eigenvalue weighted by atomic mass is 10.2. The lowest BCUT2D eigenvalue weighted by Gasteiger charge is -2.14. The molecule has 0 atom stereocenters. The minimum Gasteiger partial charge on any atom is -0.325 e. The predicted octanol–water partition coefficient (Wildman–Crippen LogP) is 2.87. The summed E-state index contributed by atoms with van der Waals surface area (Å²) < 4.78 is 25.4. The van der Waals surface area contributed by atoms with E-state index in [-0.39, 0.29) is 6.54 Å². The minimum absolute atomic E-state index is 0.255. The Hall–Kier alpha value is -2.44. The van der Waals surface area contributed by atoms with Crippen molar-refractivity contribution in [1.29, 1.82) is 0 Å². The summed E-state index contributed by atoms with van der Waals surface area (Å²) in [4.78, 5) is 12.0. The van der Waals surface area contributed by atoms with E-state index < -0.39 is 15.9 Å². The highest BCUT2D eigenvalue weighted by atomic mass is 32.2. The number of likely N-dealkylation sites (N-methyl/N-ethyl adjacent to an activating group) is 1. The molecule has 0 aliphatic heterocycles. The summed E-state index contributed by atoms with van der Waals surface area (Å²) in [5, 5.41) is 3.78. The number of carbonyl (C=O) groups excluding carboxylic acids is 1. The van der Waals surface area contributed by atoms with E-state index in [1.165, 1.54) is 13.1 Å². The van der Waals surface area contributed by atoms with Crippen LogP contribution in [0.1, 0.15) is 11.1 Å². The highest BCUT2D eigenvalue weighted by molar-refractivity contribution is 7.92. The summed E-state index contributed by atoms with van der Waals surface area (Å²) in [6, 6.07) is 16.4. The number of anilines is 1. The number of rotatable bonds is 6. The van der Waals surface area contributed by atoms with E-state index in [1.807, 2.05) is 37.3 Å². The summed E-state index contributed by atoms with van der Waals surface area (Å²) >= 11 is 0. The Morgan fingerprint density at radius 3 is 2.33 bits per heavy atom. The van der Waals surface area contributed by atoms with Crippen LogP contribution in [0.2, 0.25) is 0 Å². The molecule has 0 aromatic heterocycles. The van der Waals surface area contributed by atoms with Gasteiger partial charge in [0.1, 0.15) is 0 Å². The molecule has 0 radical (unpaired) electrons. The molecule has 0 aliphatic rings. The molecule has 24 heavy (non-hydrogen) atoms. The number of nitrogens with zero attached hydrogens (tertiary/aromatic N) is 1. The summed E-state index contributed by atoms with van der Waals surface area (Å²) in [6.45, 7) is 1.69. The Balaban J connectivity index is 1.97. The van der Waals surface area contributed by atoms with Crippen LogP contribution in [-0.4, -0.2) is 32.2 Å². The number of aryl methyl sites for hydroxylation is 1. The summed E-state index contributed by atoms with van der Waals surface area (Å²) in [5.74, 6) is -0.391. The summed E-state index contributed by atoms with van der Waals surface area (Å²) in [7, 11) is -2.29. The van der Waals surface area contributed by atoms with Gasteiger partial charge >= 0.3 is 0 Å². The molecular formula is C18H20N2O3S. The molecule has 0 saturated carbocycles. The van der Waals surface area contributed by atoms with Gasteiger partial charge in [0.15, 0.2) is 0 Å². The standard InChI is InChI=1S/C18H20N2O3S/c1-15-8-10-17(11-9-15)19-18(21)14-20(2)24(22,23)13-12-16-6-4-3-5-7-16/h3-13H,14H2,1-2H3,(H,19,21)/b13-12+. The Bertz CT molecular complexity index is 813. The fourth-order valence-corrected chi connectivity index (χ4v) is 2.80. The van der Waals surface area contributed by atoms with Crippen molar-refractivity contribution in [3.8, 4) is 0 Å². The number of carbonyl (C=O) groups is 1. The quantitative estimate of drug-likeness (QED) is 0.876. The maximum atomic E-state index is 12.2. The molecule has 0 heterocycles. The number of hydrogen-bond acceptors (Lipinski definition) is 3. The van der Waals surface area contributed by atoms with Crippen molar-refractivity contribution >= 4 is 27.7 Å². The maximum Gasteiger partial charge on any atom is 0.239 e. The van der Waals surface area contributed by atoms with Crippen molar-refractivity contribution in [2.75, 3.05) is 18.9 Å². The molecule has 0 aliphatic carbocycles. The first kappa shape index (κ1) is 17.9. The van der Waals surface area contributed by atoms with Crippen LogP contribution in [0.5, 0.6) is 0 Å². The van der Waals surface area contributed by atoms with Gasteiger partial charge in [-0.1, -0.05) is 48.0 Å². The second-order valence-electron chi connectivity index (χ2n) is 5.43. The number of amides is 1. The largest absolute Gasteiger partial charge is 0.325 e. The molecule has 0 bridgehead atoms. The average molecular weight is 344 g/mol. The maximum absolute atomic E-state index is 12.2. The predicted molar refractivity (Wildman–Crippen MR) is 96.8 cm³/mol. The van der Waals surface area contributed by atoms with Crippen LogP contribution in [0.3, 0.4) is 0 Å². The van der Waals surface area contributed by atoms with Crippen molar-refractivity contribution < 1.29 is 13.2 Å². The van der Waals surface area contributed by atoms with Gasteiger partial charge in [-0.2, -0.15) is 4.31 Å². The fraction of sp³-hybridized carbons (Fsp3) is 0.167. The molecule has 2 rings (SSSR count). The molecule has 6 heteroatoms. The SMILES string of the molecule is Cc1ccc(NC(=O)CN(C)S(=O)(=O)/C=C/c2ccccc2)cc1. The fourth-order valence-electron chi connectivity index (χ4n) is 1.96. The number of hydrogen-bond donors (Lipinski definition) is 1. The van der Waals surface area contributed by atoms with E-state index in [0.717, 1.165) is 20.8 Å². The zero-order valence-corrected chi connectivity index (χ0v) is 14.5. The van der Waals surface area contributed by atoms with Crippen LogP contribution in [0, 0.1) is 6.92 Å². The Kier molecular flexibility index (Phi) is 5.89. The molecule has 0 unspecified atom stereocenters. The average Bonchev–Trinajstić information content (AvgIpc) is 2.56. The van der Waals surface area contributed by atoms with Crippen LogP contribution in [0.4, 0.5) is 5.69 Å². The van der Waals surface area contributed by atoms with E-state index >= 15 is 0 Å². The third kappa shape index (κ3) is 5.33. The zero-order chi connectivity index (χ0) is 17.6. The first-order valence-electron chi connectivity index (χ1n) is 7.43. The van der Waals surface area contributed by atoms with Gasteiger partial charge in [0.2, 0.25) is 15.9 Å². The van der Waals surface area contributed by atoms with Crippen LogP contribution in [-0.2, 0) is 14.8 Å². The zero-order valence-electron chi connectivity index (χ0n) is 13.6. The lowest BCUT2D eigenvalue weighted by Crippen LogP contribution is -2.33. The van der Waals surface area contributed by atoms with Gasteiger partial charge in [0.25, 0.3) is 0 Å². The first-order valence-corrected chi connectivity index (χ1v) is 8.93.